The van der Waals surface area contributed by atoms with Crippen LogP contribution in [0.15, 0.2) is 29.7 Å². The number of nitrogens with zero attached hydrogens (tertiary/aromatic N) is 2. The zero-order valence-electron chi connectivity index (χ0n) is 10.6. The van der Waals surface area contributed by atoms with Gasteiger partial charge in [0.25, 0.3) is 0 Å². The molecule has 1 heterocycles. The van der Waals surface area contributed by atoms with Crippen molar-refractivity contribution >= 4 is 0 Å². The Morgan fingerprint density at radius 3 is 2.65 bits per heavy atom. The fourth-order valence-electron chi connectivity index (χ4n) is 1.97. The Morgan fingerprint density at radius 1 is 1.24 bits per heavy atom. The minimum Gasteiger partial charge on any atom is -0.264 e. The van der Waals surface area contributed by atoms with E-state index in [0.717, 1.165) is 18.4 Å². The zero-order valence-corrected chi connectivity index (χ0v) is 10.6. The molecule has 3 nitrogen and oxygen atoms in total. The van der Waals surface area contributed by atoms with Crippen molar-refractivity contribution in [2.45, 2.75) is 57.9 Å². The van der Waals surface area contributed by atoms with Gasteiger partial charge in [0.05, 0.1) is 0 Å². The van der Waals surface area contributed by atoms with Crippen molar-refractivity contribution in [3.8, 4) is 0 Å². The molecule has 17 heavy (non-hydrogen) atoms. The normalized spacial score (nSPS) is 12.3. The van der Waals surface area contributed by atoms with Crippen molar-refractivity contribution < 1.29 is 0 Å². The molecule has 1 aromatic heterocycles. The lowest BCUT2D eigenvalue weighted by atomic mass is 10.0. The highest BCUT2D eigenvalue weighted by molar-refractivity contribution is 5.13. The number of pyridine rings is 1. The first kappa shape index (κ1) is 13.8. The molecule has 0 fully saturated rings. The maximum atomic E-state index is 10.8. The number of unbranched alkanes of at least 4 members (excludes halogenated alkanes) is 5. The summed E-state index contributed by atoms with van der Waals surface area (Å²) in [6.45, 7) is 2.22. The first-order valence-electron chi connectivity index (χ1n) is 6.61. The average molecular weight is 234 g/mol. The summed E-state index contributed by atoms with van der Waals surface area (Å²) in [4.78, 5) is 14.8. The van der Waals surface area contributed by atoms with E-state index in [1.54, 1.807) is 12.4 Å². The van der Waals surface area contributed by atoms with Gasteiger partial charge in [-0.2, -0.15) is 4.91 Å². The minimum atomic E-state index is -0.213. The zero-order chi connectivity index (χ0) is 12.3. The molecule has 1 aromatic rings. The number of hydrogen-bond acceptors (Lipinski definition) is 3. The summed E-state index contributed by atoms with van der Waals surface area (Å²) in [6.07, 6.45) is 11.8. The Balaban J connectivity index is 2.22. The van der Waals surface area contributed by atoms with Crippen LogP contribution in [0.3, 0.4) is 0 Å². The lowest BCUT2D eigenvalue weighted by Crippen LogP contribution is -1.95. The van der Waals surface area contributed by atoms with Gasteiger partial charge in [-0.3, -0.25) is 4.98 Å². The summed E-state index contributed by atoms with van der Waals surface area (Å²) in [5.74, 6) is 0. The van der Waals surface area contributed by atoms with Crippen LogP contribution in [0.1, 0.15) is 63.5 Å². The van der Waals surface area contributed by atoms with E-state index in [1.807, 2.05) is 12.1 Å². The van der Waals surface area contributed by atoms with Crippen LogP contribution in [-0.2, 0) is 0 Å². The van der Waals surface area contributed by atoms with Gasteiger partial charge in [0.2, 0.25) is 0 Å². The SMILES string of the molecule is CCCCCCCCC(N=O)c1cccnc1. The highest BCUT2D eigenvalue weighted by atomic mass is 16.3. The van der Waals surface area contributed by atoms with Crippen molar-refractivity contribution in [1.82, 2.24) is 4.98 Å². The lowest BCUT2D eigenvalue weighted by molar-refractivity contribution is 0.546. The monoisotopic (exact) mass is 234 g/mol. The second kappa shape index (κ2) is 8.85. The Labute approximate surface area is 104 Å². The molecule has 1 atom stereocenters. The largest absolute Gasteiger partial charge is 0.264 e. The molecule has 0 aliphatic carbocycles. The molecule has 3 heteroatoms. The molecule has 94 valence electrons. The van der Waals surface area contributed by atoms with Crippen molar-refractivity contribution in [3.05, 3.63) is 35.0 Å². The van der Waals surface area contributed by atoms with E-state index in [-0.39, 0.29) is 6.04 Å². The van der Waals surface area contributed by atoms with E-state index in [0.29, 0.717) is 0 Å². The van der Waals surface area contributed by atoms with E-state index >= 15 is 0 Å². The molecule has 0 saturated heterocycles. The quantitative estimate of drug-likeness (QED) is 0.461. The van der Waals surface area contributed by atoms with Crippen LogP contribution in [0.2, 0.25) is 0 Å². The molecule has 0 saturated carbocycles. The molecule has 0 bridgehead atoms. The molecule has 0 aliphatic rings. The summed E-state index contributed by atoms with van der Waals surface area (Å²) in [5.41, 5.74) is 0.941. The Hall–Kier alpha value is -1.25. The Bertz CT molecular complexity index is 300. The summed E-state index contributed by atoms with van der Waals surface area (Å²) in [6, 6.07) is 3.57. The van der Waals surface area contributed by atoms with E-state index in [9.17, 15) is 4.91 Å². The minimum absolute atomic E-state index is 0.213. The third-order valence-corrected chi connectivity index (χ3v) is 3.03. The molecular formula is C14H22N2O. The molecule has 0 N–H and O–H groups in total. The first-order chi connectivity index (χ1) is 8.38. The second-order valence-electron chi connectivity index (χ2n) is 4.46. The van der Waals surface area contributed by atoms with Gasteiger partial charge in [0, 0.05) is 12.4 Å². The number of nitroso groups, excluding NO2 is 1. The molecule has 0 spiro atoms. The smallest absolute Gasteiger partial charge is 0.118 e. The van der Waals surface area contributed by atoms with Gasteiger partial charge in [-0.05, 0) is 18.1 Å². The predicted molar refractivity (Wildman–Crippen MR) is 70.8 cm³/mol. The third kappa shape index (κ3) is 5.57. The predicted octanol–water partition coefficient (Wildman–Crippen LogP) is 4.64. The van der Waals surface area contributed by atoms with E-state index in [4.69, 9.17) is 0 Å². The molecular weight excluding hydrogens is 212 g/mol. The molecule has 0 radical (unpaired) electrons. The van der Waals surface area contributed by atoms with Gasteiger partial charge < -0.3 is 0 Å². The van der Waals surface area contributed by atoms with E-state index in [1.165, 1.54) is 32.1 Å². The van der Waals surface area contributed by atoms with Crippen molar-refractivity contribution in [3.63, 3.8) is 0 Å². The van der Waals surface area contributed by atoms with Gasteiger partial charge >= 0.3 is 0 Å². The van der Waals surface area contributed by atoms with Gasteiger partial charge in [0.15, 0.2) is 0 Å². The van der Waals surface area contributed by atoms with Crippen molar-refractivity contribution in [2.24, 2.45) is 5.18 Å². The molecule has 0 aromatic carbocycles. The van der Waals surface area contributed by atoms with Crippen LogP contribution >= 0.6 is 0 Å². The fraction of sp³-hybridized carbons (Fsp3) is 0.643. The highest BCUT2D eigenvalue weighted by Gasteiger charge is 2.10. The average Bonchev–Trinajstić information content (AvgIpc) is 2.39. The van der Waals surface area contributed by atoms with Crippen LogP contribution in [-0.4, -0.2) is 4.98 Å². The maximum absolute atomic E-state index is 10.8. The summed E-state index contributed by atoms with van der Waals surface area (Å²) >= 11 is 0. The molecule has 1 rings (SSSR count). The molecule has 0 amide bonds. The van der Waals surface area contributed by atoms with Crippen molar-refractivity contribution in [1.29, 1.82) is 0 Å². The second-order valence-corrected chi connectivity index (χ2v) is 4.46. The van der Waals surface area contributed by atoms with Crippen LogP contribution < -0.4 is 0 Å². The van der Waals surface area contributed by atoms with Crippen LogP contribution in [0.5, 0.6) is 0 Å². The highest BCUT2D eigenvalue weighted by Crippen LogP contribution is 2.23. The fourth-order valence-corrected chi connectivity index (χ4v) is 1.97. The summed E-state index contributed by atoms with van der Waals surface area (Å²) < 4.78 is 0. The Kier molecular flexibility index (Phi) is 7.19. The van der Waals surface area contributed by atoms with E-state index < -0.39 is 0 Å². The summed E-state index contributed by atoms with van der Waals surface area (Å²) in [7, 11) is 0. The lowest BCUT2D eigenvalue weighted by Gasteiger charge is -2.08. The third-order valence-electron chi connectivity index (χ3n) is 3.03. The number of hydrogen-bond donors (Lipinski definition) is 0. The molecule has 0 aliphatic heterocycles. The van der Waals surface area contributed by atoms with Crippen LogP contribution in [0.25, 0.3) is 0 Å². The van der Waals surface area contributed by atoms with Crippen LogP contribution in [0, 0.1) is 4.91 Å². The number of aromatic nitrogens is 1. The number of rotatable bonds is 9. The molecule has 1 unspecified atom stereocenters. The maximum Gasteiger partial charge on any atom is 0.118 e. The van der Waals surface area contributed by atoms with Crippen LogP contribution in [0.4, 0.5) is 0 Å². The van der Waals surface area contributed by atoms with Gasteiger partial charge in [0.1, 0.15) is 6.04 Å². The van der Waals surface area contributed by atoms with Gasteiger partial charge in [-0.25, -0.2) is 0 Å². The first-order valence-corrected chi connectivity index (χ1v) is 6.61. The van der Waals surface area contributed by atoms with Gasteiger partial charge in [-0.15, -0.1) is 0 Å². The summed E-state index contributed by atoms with van der Waals surface area (Å²) in [5, 5.41) is 3.20. The van der Waals surface area contributed by atoms with E-state index in [2.05, 4.69) is 17.1 Å². The Morgan fingerprint density at radius 2 is 2.00 bits per heavy atom. The standard InChI is InChI=1S/C14H22N2O/c1-2-3-4-5-6-7-10-14(16-17)13-9-8-11-15-12-13/h8-9,11-12,14H,2-7,10H2,1H3. The van der Waals surface area contributed by atoms with Gasteiger partial charge in [-0.1, -0.05) is 56.7 Å². The topological polar surface area (TPSA) is 42.3 Å². The van der Waals surface area contributed by atoms with Crippen molar-refractivity contribution in [2.75, 3.05) is 0 Å².